The van der Waals surface area contributed by atoms with Crippen LogP contribution < -0.4 is 0 Å². The Bertz CT molecular complexity index is 205. The van der Waals surface area contributed by atoms with Crippen LogP contribution in [0.25, 0.3) is 0 Å². The number of hydrogen-bond donors (Lipinski definition) is 2. The second-order valence-corrected chi connectivity index (χ2v) is 4.58. The summed E-state index contributed by atoms with van der Waals surface area (Å²) < 4.78 is 29.0. The molecule has 4 nitrogen and oxygen atoms in total. The van der Waals surface area contributed by atoms with E-state index >= 15 is 0 Å². The first kappa shape index (κ1) is 10.2. The van der Waals surface area contributed by atoms with Crippen LogP contribution in [0.2, 0.25) is 0 Å². The summed E-state index contributed by atoms with van der Waals surface area (Å²) in [5.74, 6) is 0. The van der Waals surface area contributed by atoms with Gasteiger partial charge in [-0.25, -0.2) is 0 Å². The van der Waals surface area contributed by atoms with Crippen LogP contribution in [0.3, 0.4) is 0 Å². The Morgan fingerprint density at radius 2 is 1.90 bits per heavy atom. The van der Waals surface area contributed by atoms with Gasteiger partial charge in [0.1, 0.15) is 0 Å². The Morgan fingerprint density at radius 3 is 1.90 bits per heavy atom. The number of hydrogen-bond acceptors (Lipinski definition) is 3. The predicted octanol–water partition coefficient (Wildman–Crippen LogP) is 0.210. The molecule has 0 aromatic heterocycles. The van der Waals surface area contributed by atoms with Crippen LogP contribution in [0, 0.1) is 0 Å². The van der Waals surface area contributed by atoms with Crippen LogP contribution >= 0.6 is 11.6 Å². The van der Waals surface area contributed by atoms with Gasteiger partial charge in [0, 0.05) is 0 Å². The van der Waals surface area contributed by atoms with Gasteiger partial charge in [0.2, 0.25) is 4.93 Å². The van der Waals surface area contributed by atoms with Gasteiger partial charge in [-0.1, -0.05) is 0 Å². The lowest BCUT2D eigenvalue weighted by molar-refractivity contribution is 0.132. The zero-order valence-electron chi connectivity index (χ0n) is 5.57. The van der Waals surface area contributed by atoms with E-state index in [4.69, 9.17) is 21.3 Å². The molecule has 62 valence electrons. The lowest BCUT2D eigenvalue weighted by Crippen LogP contribution is -2.41. The third-order valence-corrected chi connectivity index (χ3v) is 3.21. The second kappa shape index (κ2) is 2.65. The van der Waals surface area contributed by atoms with E-state index in [1.54, 1.807) is 0 Å². The SMILES string of the molecule is CC(Cl)C(C)(O)S(=O)(=O)O. The summed E-state index contributed by atoms with van der Waals surface area (Å²) >= 11 is 5.26. The van der Waals surface area contributed by atoms with Crippen LogP contribution in [0.15, 0.2) is 0 Å². The molecule has 0 aromatic rings. The predicted molar refractivity (Wildman–Crippen MR) is 37.5 cm³/mol. The van der Waals surface area contributed by atoms with Crippen molar-refractivity contribution in [3.05, 3.63) is 0 Å². The highest BCUT2D eigenvalue weighted by Gasteiger charge is 2.40. The van der Waals surface area contributed by atoms with Crippen molar-refractivity contribution in [3.63, 3.8) is 0 Å². The molecule has 2 unspecified atom stereocenters. The number of halogens is 1. The maximum absolute atomic E-state index is 10.3. The Hall–Kier alpha value is 0.160. The van der Waals surface area contributed by atoms with E-state index < -0.39 is 20.4 Å². The molecule has 0 aliphatic rings. The van der Waals surface area contributed by atoms with E-state index in [1.165, 1.54) is 6.92 Å². The topological polar surface area (TPSA) is 74.6 Å². The fourth-order valence-corrected chi connectivity index (χ4v) is 0.953. The Labute approximate surface area is 64.6 Å². The normalized spacial score (nSPS) is 21.7. The van der Waals surface area contributed by atoms with Gasteiger partial charge in [-0.2, -0.15) is 8.42 Å². The molecule has 0 aromatic carbocycles. The number of rotatable bonds is 2. The Morgan fingerprint density at radius 1 is 1.60 bits per heavy atom. The molecular formula is C4H9ClO4S. The molecule has 0 fully saturated rings. The molecule has 0 bridgehead atoms. The van der Waals surface area contributed by atoms with Crippen molar-refractivity contribution in [3.8, 4) is 0 Å². The molecule has 0 heterocycles. The van der Waals surface area contributed by atoms with Gasteiger partial charge in [0.15, 0.2) is 0 Å². The van der Waals surface area contributed by atoms with Gasteiger partial charge in [-0.05, 0) is 13.8 Å². The maximum atomic E-state index is 10.3. The van der Waals surface area contributed by atoms with Crippen molar-refractivity contribution >= 4 is 21.7 Å². The minimum Gasteiger partial charge on any atom is -0.372 e. The van der Waals surface area contributed by atoms with Crippen LogP contribution in [0.4, 0.5) is 0 Å². The molecule has 0 rings (SSSR count). The molecule has 0 amide bonds. The van der Waals surface area contributed by atoms with E-state index in [1.807, 2.05) is 0 Å². The minimum atomic E-state index is -4.48. The highest BCUT2D eigenvalue weighted by Crippen LogP contribution is 2.20. The average Bonchev–Trinajstić information content (AvgIpc) is 1.62. The van der Waals surface area contributed by atoms with Crippen molar-refractivity contribution in [1.29, 1.82) is 0 Å². The maximum Gasteiger partial charge on any atom is 0.296 e. The van der Waals surface area contributed by atoms with E-state index in [0.29, 0.717) is 0 Å². The highest BCUT2D eigenvalue weighted by atomic mass is 35.5. The van der Waals surface area contributed by atoms with E-state index in [0.717, 1.165) is 6.92 Å². The van der Waals surface area contributed by atoms with Crippen molar-refractivity contribution in [1.82, 2.24) is 0 Å². The quantitative estimate of drug-likeness (QED) is 0.480. The van der Waals surface area contributed by atoms with Crippen molar-refractivity contribution in [2.75, 3.05) is 0 Å². The summed E-state index contributed by atoms with van der Waals surface area (Å²) in [7, 11) is -4.48. The van der Waals surface area contributed by atoms with E-state index in [9.17, 15) is 8.42 Å². The molecule has 6 heteroatoms. The fourth-order valence-electron chi connectivity index (χ4n) is 0.205. The van der Waals surface area contributed by atoms with Gasteiger partial charge in [0.05, 0.1) is 5.38 Å². The standard InChI is InChI=1S/C4H9ClO4S/c1-3(5)4(2,6)10(7,8)9/h3,6H,1-2H3,(H,7,8,9). The highest BCUT2D eigenvalue weighted by molar-refractivity contribution is 7.87. The minimum absolute atomic E-state index is 0.931. The monoisotopic (exact) mass is 188 g/mol. The fraction of sp³-hybridized carbons (Fsp3) is 1.00. The molecule has 10 heavy (non-hydrogen) atoms. The summed E-state index contributed by atoms with van der Waals surface area (Å²) in [5.41, 5.74) is 0. The van der Waals surface area contributed by atoms with E-state index in [-0.39, 0.29) is 0 Å². The van der Waals surface area contributed by atoms with Gasteiger partial charge in [-0.3, -0.25) is 4.55 Å². The Kier molecular flexibility index (Phi) is 2.70. The lowest BCUT2D eigenvalue weighted by atomic mass is 10.3. The molecule has 0 saturated heterocycles. The van der Waals surface area contributed by atoms with Gasteiger partial charge in [0.25, 0.3) is 10.1 Å². The molecule has 0 aliphatic heterocycles. The molecule has 2 N–H and O–H groups in total. The van der Waals surface area contributed by atoms with Crippen LogP contribution in [0.1, 0.15) is 13.8 Å². The summed E-state index contributed by atoms with van der Waals surface area (Å²) in [5, 5.41) is 7.91. The lowest BCUT2D eigenvalue weighted by Gasteiger charge is -2.21. The summed E-state index contributed by atoms with van der Waals surface area (Å²) in [6.45, 7) is 2.20. The zero-order chi connectivity index (χ0) is 8.58. The van der Waals surface area contributed by atoms with Crippen molar-refractivity contribution in [2.45, 2.75) is 24.2 Å². The van der Waals surface area contributed by atoms with Crippen LogP contribution in [0.5, 0.6) is 0 Å². The smallest absolute Gasteiger partial charge is 0.296 e. The van der Waals surface area contributed by atoms with Crippen molar-refractivity contribution < 1.29 is 18.1 Å². The second-order valence-electron chi connectivity index (χ2n) is 2.15. The number of aliphatic hydroxyl groups is 1. The molecule has 2 atom stereocenters. The molecule has 0 radical (unpaired) electrons. The largest absolute Gasteiger partial charge is 0.372 e. The average molecular weight is 189 g/mol. The number of alkyl halides is 1. The van der Waals surface area contributed by atoms with Crippen LogP contribution in [-0.2, 0) is 10.1 Å². The third-order valence-electron chi connectivity index (χ3n) is 1.26. The van der Waals surface area contributed by atoms with Gasteiger partial charge >= 0.3 is 0 Å². The first-order chi connectivity index (χ1) is 4.19. The van der Waals surface area contributed by atoms with Gasteiger partial charge < -0.3 is 5.11 Å². The first-order valence-corrected chi connectivity index (χ1v) is 4.40. The molecule has 0 saturated carbocycles. The van der Waals surface area contributed by atoms with E-state index in [2.05, 4.69) is 0 Å². The first-order valence-electron chi connectivity index (χ1n) is 2.53. The summed E-state index contributed by atoms with van der Waals surface area (Å²) in [6.07, 6.45) is 0. The Balaban J connectivity index is 4.76. The molecule has 0 aliphatic carbocycles. The summed E-state index contributed by atoms with van der Waals surface area (Å²) in [6, 6.07) is 0. The molecule has 0 spiro atoms. The van der Waals surface area contributed by atoms with Gasteiger partial charge in [-0.15, -0.1) is 11.6 Å². The zero-order valence-corrected chi connectivity index (χ0v) is 7.15. The summed E-state index contributed by atoms with van der Waals surface area (Å²) in [4.78, 5) is -2.27. The molecular weight excluding hydrogens is 180 g/mol. The van der Waals surface area contributed by atoms with Crippen LogP contribution in [-0.4, -0.2) is 28.4 Å². The third kappa shape index (κ3) is 1.82. The van der Waals surface area contributed by atoms with Crippen molar-refractivity contribution in [2.24, 2.45) is 0 Å².